The van der Waals surface area contributed by atoms with Crippen LogP contribution in [-0.2, 0) is 4.74 Å². The lowest BCUT2D eigenvalue weighted by molar-refractivity contribution is -0.140. The van der Waals surface area contributed by atoms with Crippen LogP contribution < -0.4 is 4.74 Å². The summed E-state index contributed by atoms with van der Waals surface area (Å²) in [6, 6.07) is 3.93. The van der Waals surface area contributed by atoms with Crippen molar-refractivity contribution in [3.63, 3.8) is 0 Å². The van der Waals surface area contributed by atoms with Crippen LogP contribution in [0.4, 0.5) is 0 Å². The minimum Gasteiger partial charge on any atom is -0.491 e. The summed E-state index contributed by atoms with van der Waals surface area (Å²) in [4.78, 5) is 6.81. The fraction of sp³-hybridized carbons (Fsp3) is 0.722. The molecule has 2 aliphatic heterocycles. The smallest absolute Gasteiger partial charge is 0.137 e. The van der Waals surface area contributed by atoms with E-state index in [0.29, 0.717) is 6.10 Å². The first-order valence-corrected chi connectivity index (χ1v) is 8.71. The van der Waals surface area contributed by atoms with E-state index in [-0.39, 0.29) is 5.41 Å². The second-order valence-electron chi connectivity index (χ2n) is 7.27. The Morgan fingerprint density at radius 3 is 3.14 bits per heavy atom. The van der Waals surface area contributed by atoms with E-state index in [2.05, 4.69) is 9.88 Å². The third kappa shape index (κ3) is 3.13. The van der Waals surface area contributed by atoms with Crippen molar-refractivity contribution in [3.05, 3.63) is 24.5 Å². The molecule has 120 valence electrons. The predicted octanol–water partition coefficient (Wildman–Crippen LogP) is 2.74. The van der Waals surface area contributed by atoms with E-state index >= 15 is 0 Å². The standard InChI is InChI=1S/C18H26N2O2/c1-3-16(11-19-8-1)22-14-18-7-2-10-21-17(18)6-9-20(13-18)12-15-4-5-15/h1,3,8,11,15,17H,2,4-7,9-10,12-14H2. The van der Waals surface area contributed by atoms with Gasteiger partial charge in [0.2, 0.25) is 0 Å². The molecule has 1 aromatic rings. The Labute approximate surface area is 132 Å². The van der Waals surface area contributed by atoms with Crippen molar-refractivity contribution in [1.29, 1.82) is 0 Å². The highest BCUT2D eigenvalue weighted by Gasteiger charge is 2.47. The third-order valence-electron chi connectivity index (χ3n) is 5.44. The number of ether oxygens (including phenoxy) is 2. The van der Waals surface area contributed by atoms with Gasteiger partial charge in [-0.05, 0) is 50.2 Å². The predicted molar refractivity (Wildman–Crippen MR) is 84.9 cm³/mol. The van der Waals surface area contributed by atoms with E-state index < -0.39 is 0 Å². The molecule has 0 spiro atoms. The molecule has 4 heteroatoms. The normalized spacial score (nSPS) is 32.5. The molecule has 3 fully saturated rings. The summed E-state index contributed by atoms with van der Waals surface area (Å²) in [5.74, 6) is 1.83. The molecular weight excluding hydrogens is 276 g/mol. The summed E-state index contributed by atoms with van der Waals surface area (Å²) >= 11 is 0. The maximum absolute atomic E-state index is 6.12. The summed E-state index contributed by atoms with van der Waals surface area (Å²) in [7, 11) is 0. The SMILES string of the molecule is c1cncc(OCC23CCCOC2CCN(CC2CC2)C3)c1. The van der Waals surface area contributed by atoms with Crippen molar-refractivity contribution >= 4 is 0 Å². The summed E-state index contributed by atoms with van der Waals surface area (Å²) in [5.41, 5.74) is 0.168. The van der Waals surface area contributed by atoms with Crippen LogP contribution in [0.1, 0.15) is 32.1 Å². The Bertz CT molecular complexity index is 491. The van der Waals surface area contributed by atoms with Crippen LogP contribution in [0, 0.1) is 11.3 Å². The fourth-order valence-electron chi connectivity index (χ4n) is 4.07. The zero-order valence-electron chi connectivity index (χ0n) is 13.2. The molecule has 0 bridgehead atoms. The maximum Gasteiger partial charge on any atom is 0.137 e. The van der Waals surface area contributed by atoms with Crippen LogP contribution in [0.2, 0.25) is 0 Å². The van der Waals surface area contributed by atoms with Crippen LogP contribution in [0.3, 0.4) is 0 Å². The van der Waals surface area contributed by atoms with E-state index in [1.807, 2.05) is 12.1 Å². The monoisotopic (exact) mass is 302 g/mol. The molecule has 4 rings (SSSR count). The van der Waals surface area contributed by atoms with Gasteiger partial charge in [0.05, 0.1) is 18.9 Å². The van der Waals surface area contributed by atoms with Gasteiger partial charge in [-0.2, -0.15) is 0 Å². The second-order valence-corrected chi connectivity index (χ2v) is 7.27. The van der Waals surface area contributed by atoms with Gasteiger partial charge in [0, 0.05) is 37.9 Å². The van der Waals surface area contributed by atoms with E-state index in [1.54, 1.807) is 12.4 Å². The summed E-state index contributed by atoms with van der Waals surface area (Å²) < 4.78 is 12.2. The zero-order valence-corrected chi connectivity index (χ0v) is 13.2. The average Bonchev–Trinajstić information content (AvgIpc) is 3.38. The number of pyridine rings is 1. The van der Waals surface area contributed by atoms with Crippen molar-refractivity contribution < 1.29 is 9.47 Å². The Kier molecular flexibility index (Phi) is 4.05. The Balaban J connectivity index is 1.45. The molecule has 1 aromatic heterocycles. The highest BCUT2D eigenvalue weighted by atomic mass is 16.5. The minimum absolute atomic E-state index is 0.168. The summed E-state index contributed by atoms with van der Waals surface area (Å²) in [5, 5.41) is 0. The molecule has 1 saturated carbocycles. The molecule has 0 aromatic carbocycles. The molecule has 3 heterocycles. The fourth-order valence-corrected chi connectivity index (χ4v) is 4.07. The summed E-state index contributed by atoms with van der Waals surface area (Å²) in [6.45, 7) is 5.28. The third-order valence-corrected chi connectivity index (χ3v) is 5.44. The lowest BCUT2D eigenvalue weighted by Crippen LogP contribution is -2.57. The van der Waals surface area contributed by atoms with Crippen LogP contribution >= 0.6 is 0 Å². The van der Waals surface area contributed by atoms with Crippen molar-refractivity contribution in [2.24, 2.45) is 11.3 Å². The largest absolute Gasteiger partial charge is 0.491 e. The van der Waals surface area contributed by atoms with Gasteiger partial charge in [0.25, 0.3) is 0 Å². The minimum atomic E-state index is 0.168. The topological polar surface area (TPSA) is 34.6 Å². The van der Waals surface area contributed by atoms with E-state index in [0.717, 1.165) is 44.3 Å². The molecule has 0 N–H and O–H groups in total. The van der Waals surface area contributed by atoms with E-state index in [1.165, 1.54) is 32.4 Å². The number of hydrogen-bond acceptors (Lipinski definition) is 4. The van der Waals surface area contributed by atoms with Gasteiger partial charge in [0.15, 0.2) is 0 Å². The second kappa shape index (κ2) is 6.17. The van der Waals surface area contributed by atoms with Crippen LogP contribution in [0.5, 0.6) is 5.75 Å². The highest BCUT2D eigenvalue weighted by molar-refractivity contribution is 5.16. The molecule has 22 heavy (non-hydrogen) atoms. The van der Waals surface area contributed by atoms with Crippen LogP contribution in [-0.4, -0.2) is 48.8 Å². The maximum atomic E-state index is 6.12. The van der Waals surface area contributed by atoms with Gasteiger partial charge in [-0.1, -0.05) is 0 Å². The highest BCUT2D eigenvalue weighted by Crippen LogP contribution is 2.42. The molecule has 1 aliphatic carbocycles. The number of hydrogen-bond donors (Lipinski definition) is 0. The van der Waals surface area contributed by atoms with Crippen molar-refractivity contribution in [2.45, 2.75) is 38.2 Å². The number of piperidine rings is 1. The van der Waals surface area contributed by atoms with Crippen molar-refractivity contribution in [3.8, 4) is 5.75 Å². The van der Waals surface area contributed by atoms with Crippen molar-refractivity contribution in [1.82, 2.24) is 9.88 Å². The lowest BCUT2D eigenvalue weighted by atomic mass is 9.73. The van der Waals surface area contributed by atoms with Gasteiger partial charge in [0.1, 0.15) is 5.75 Å². The van der Waals surface area contributed by atoms with E-state index in [9.17, 15) is 0 Å². The Morgan fingerprint density at radius 2 is 2.32 bits per heavy atom. The first-order chi connectivity index (χ1) is 10.8. The van der Waals surface area contributed by atoms with Crippen molar-refractivity contribution in [2.75, 3.05) is 32.8 Å². The first kappa shape index (κ1) is 14.5. The number of fused-ring (bicyclic) bond motifs is 1. The van der Waals surface area contributed by atoms with E-state index in [4.69, 9.17) is 9.47 Å². The van der Waals surface area contributed by atoms with Gasteiger partial charge in [-0.25, -0.2) is 0 Å². The number of aromatic nitrogens is 1. The quantitative estimate of drug-likeness (QED) is 0.837. The molecule has 2 atom stereocenters. The molecule has 2 saturated heterocycles. The number of likely N-dealkylation sites (tertiary alicyclic amines) is 1. The average molecular weight is 302 g/mol. The zero-order chi connectivity index (χ0) is 14.8. The molecule has 4 nitrogen and oxygen atoms in total. The van der Waals surface area contributed by atoms with Gasteiger partial charge >= 0.3 is 0 Å². The Hall–Kier alpha value is -1.13. The van der Waals surface area contributed by atoms with Gasteiger partial charge in [-0.3, -0.25) is 4.98 Å². The lowest BCUT2D eigenvalue weighted by Gasteiger charge is -2.50. The van der Waals surface area contributed by atoms with Crippen LogP contribution in [0.15, 0.2) is 24.5 Å². The number of rotatable bonds is 5. The number of nitrogens with zero attached hydrogens (tertiary/aromatic N) is 2. The summed E-state index contributed by atoms with van der Waals surface area (Å²) in [6.07, 6.45) is 10.3. The Morgan fingerprint density at radius 1 is 1.36 bits per heavy atom. The molecular formula is C18H26N2O2. The molecule has 2 unspecified atom stereocenters. The van der Waals surface area contributed by atoms with Gasteiger partial charge in [-0.15, -0.1) is 0 Å². The van der Waals surface area contributed by atoms with Crippen LogP contribution in [0.25, 0.3) is 0 Å². The van der Waals surface area contributed by atoms with Gasteiger partial charge < -0.3 is 14.4 Å². The molecule has 3 aliphatic rings. The first-order valence-electron chi connectivity index (χ1n) is 8.71. The molecule has 0 radical (unpaired) electrons. The molecule has 0 amide bonds.